The highest BCUT2D eigenvalue weighted by Gasteiger charge is 2.30. The Morgan fingerprint density at radius 2 is 1.88 bits per heavy atom. The number of alkyl halides is 3. The van der Waals surface area contributed by atoms with Crippen molar-refractivity contribution in [2.24, 2.45) is 0 Å². The van der Waals surface area contributed by atoms with Crippen LogP contribution in [0.5, 0.6) is 0 Å². The van der Waals surface area contributed by atoms with Crippen LogP contribution in [0, 0.1) is 6.92 Å². The molecule has 3 heterocycles. The number of aromatic nitrogens is 5. The van der Waals surface area contributed by atoms with Crippen molar-refractivity contribution >= 4 is 28.1 Å². The fourth-order valence-corrected chi connectivity index (χ4v) is 3.81. The number of hydrogen-bond donors (Lipinski definition) is 2. The summed E-state index contributed by atoms with van der Waals surface area (Å²) >= 11 is 1.28. The van der Waals surface area contributed by atoms with Gasteiger partial charge in [-0.25, -0.2) is 19.9 Å². The van der Waals surface area contributed by atoms with Gasteiger partial charge in [0.2, 0.25) is 0 Å². The third-order valence-corrected chi connectivity index (χ3v) is 5.81. The minimum absolute atomic E-state index is 0.201. The average molecular weight is 473 g/mol. The van der Waals surface area contributed by atoms with Crippen molar-refractivity contribution in [3.63, 3.8) is 0 Å². The van der Waals surface area contributed by atoms with Gasteiger partial charge in [-0.1, -0.05) is 11.3 Å². The topological polar surface area (TPSA) is 97.6 Å². The minimum Gasteiger partial charge on any atom is -0.343 e. The third-order valence-electron chi connectivity index (χ3n) is 4.72. The van der Waals surface area contributed by atoms with Crippen LogP contribution in [0.4, 0.5) is 24.0 Å². The number of thiazole rings is 1. The van der Waals surface area contributed by atoms with Crippen LogP contribution < -0.4 is 10.6 Å². The SMILES string of the molecule is Cc1nccn1-c1cc(C(=O)NC(C)c2cnc(Nc3ccc(C(F)(F)F)cc3)s2)ncn1. The highest BCUT2D eigenvalue weighted by molar-refractivity contribution is 7.15. The number of carbonyl (C=O) groups is 1. The van der Waals surface area contributed by atoms with Gasteiger partial charge in [0.05, 0.1) is 11.6 Å². The Kier molecular flexibility index (Phi) is 6.09. The summed E-state index contributed by atoms with van der Waals surface area (Å²) in [7, 11) is 0. The third kappa shape index (κ3) is 5.17. The van der Waals surface area contributed by atoms with Gasteiger partial charge in [-0.05, 0) is 38.1 Å². The monoisotopic (exact) mass is 473 g/mol. The fraction of sp³-hybridized carbons (Fsp3) is 0.190. The molecule has 0 bridgehead atoms. The molecule has 0 saturated heterocycles. The summed E-state index contributed by atoms with van der Waals surface area (Å²) in [5, 5.41) is 6.33. The normalized spacial score (nSPS) is 12.4. The molecule has 2 N–H and O–H groups in total. The first-order chi connectivity index (χ1) is 15.7. The molecule has 33 heavy (non-hydrogen) atoms. The lowest BCUT2D eigenvalue weighted by atomic mass is 10.2. The Morgan fingerprint density at radius 1 is 1.12 bits per heavy atom. The molecule has 1 amide bonds. The molecule has 8 nitrogen and oxygen atoms in total. The number of imidazole rings is 1. The standard InChI is InChI=1S/C21H18F3N7OS/c1-12(29-19(32)16-9-18(28-11-27-16)31-8-7-25-13(31)2)17-10-26-20(33-17)30-15-5-3-14(4-6-15)21(22,23)24/h3-12H,1-2H3,(H,26,30)(H,29,32). The lowest BCUT2D eigenvalue weighted by molar-refractivity contribution is -0.137. The van der Waals surface area contributed by atoms with Crippen LogP contribution in [0.15, 0.2) is 55.2 Å². The summed E-state index contributed by atoms with van der Waals surface area (Å²) in [6.45, 7) is 3.62. The average Bonchev–Trinajstić information content (AvgIpc) is 3.42. The van der Waals surface area contributed by atoms with Gasteiger partial charge < -0.3 is 10.6 Å². The van der Waals surface area contributed by atoms with E-state index in [9.17, 15) is 18.0 Å². The zero-order chi connectivity index (χ0) is 23.6. The number of carbonyl (C=O) groups excluding carboxylic acids is 1. The number of nitrogens with zero attached hydrogens (tertiary/aromatic N) is 5. The van der Waals surface area contributed by atoms with Crippen LogP contribution in [0.25, 0.3) is 5.82 Å². The second-order valence-electron chi connectivity index (χ2n) is 7.07. The number of aryl methyl sites for hydroxylation is 1. The van der Waals surface area contributed by atoms with Crippen LogP contribution in [0.2, 0.25) is 0 Å². The maximum Gasteiger partial charge on any atom is 0.416 e. The quantitative estimate of drug-likeness (QED) is 0.422. The molecular weight excluding hydrogens is 455 g/mol. The van der Waals surface area contributed by atoms with Crippen LogP contribution in [-0.4, -0.2) is 30.4 Å². The number of halogens is 3. The Balaban J connectivity index is 1.41. The number of rotatable bonds is 6. The zero-order valence-electron chi connectivity index (χ0n) is 17.5. The summed E-state index contributed by atoms with van der Waals surface area (Å²) in [5.74, 6) is 0.874. The Morgan fingerprint density at radius 3 is 2.55 bits per heavy atom. The molecule has 4 aromatic rings. The molecule has 4 rings (SSSR count). The van der Waals surface area contributed by atoms with Gasteiger partial charge >= 0.3 is 6.18 Å². The second kappa shape index (κ2) is 8.98. The Bertz CT molecular complexity index is 1270. The first-order valence-electron chi connectivity index (χ1n) is 9.74. The predicted molar refractivity (Wildman–Crippen MR) is 117 cm³/mol. The summed E-state index contributed by atoms with van der Waals surface area (Å²) in [4.78, 5) is 30.1. The lowest BCUT2D eigenvalue weighted by Crippen LogP contribution is -2.27. The van der Waals surface area contributed by atoms with Crippen molar-refractivity contribution in [2.75, 3.05) is 5.32 Å². The lowest BCUT2D eigenvalue weighted by Gasteiger charge is -2.12. The van der Waals surface area contributed by atoms with Gasteiger partial charge in [0.1, 0.15) is 23.7 Å². The number of amides is 1. The highest BCUT2D eigenvalue weighted by atomic mass is 32.1. The van der Waals surface area contributed by atoms with Crippen LogP contribution in [0.1, 0.15) is 39.7 Å². The number of anilines is 2. The minimum atomic E-state index is -4.39. The Labute approximate surface area is 190 Å². The number of nitrogens with one attached hydrogen (secondary N) is 2. The van der Waals surface area contributed by atoms with Crippen molar-refractivity contribution < 1.29 is 18.0 Å². The van der Waals surface area contributed by atoms with E-state index in [1.165, 1.54) is 29.8 Å². The van der Waals surface area contributed by atoms with E-state index in [-0.39, 0.29) is 17.6 Å². The first-order valence-corrected chi connectivity index (χ1v) is 10.6. The van der Waals surface area contributed by atoms with Crippen molar-refractivity contribution in [3.05, 3.63) is 77.2 Å². The van der Waals surface area contributed by atoms with E-state index in [0.717, 1.165) is 22.8 Å². The van der Waals surface area contributed by atoms with Gasteiger partial charge in [0, 0.05) is 35.2 Å². The van der Waals surface area contributed by atoms with Crippen LogP contribution >= 0.6 is 11.3 Å². The summed E-state index contributed by atoms with van der Waals surface area (Å²) < 4.78 is 39.8. The molecule has 0 aliphatic rings. The number of benzene rings is 1. The molecule has 0 aliphatic heterocycles. The zero-order valence-corrected chi connectivity index (χ0v) is 18.3. The molecule has 0 aliphatic carbocycles. The fourth-order valence-electron chi connectivity index (χ4n) is 2.98. The van der Waals surface area contributed by atoms with E-state index >= 15 is 0 Å². The maximum absolute atomic E-state index is 12.7. The van der Waals surface area contributed by atoms with Gasteiger partial charge in [0.15, 0.2) is 5.13 Å². The van der Waals surface area contributed by atoms with E-state index in [1.54, 1.807) is 36.1 Å². The largest absolute Gasteiger partial charge is 0.416 e. The molecule has 1 atom stereocenters. The second-order valence-corrected chi connectivity index (χ2v) is 8.13. The molecule has 0 spiro atoms. The van der Waals surface area contributed by atoms with Gasteiger partial charge in [-0.3, -0.25) is 9.36 Å². The van der Waals surface area contributed by atoms with Crippen LogP contribution in [-0.2, 0) is 6.18 Å². The van der Waals surface area contributed by atoms with Crippen molar-refractivity contribution in [3.8, 4) is 5.82 Å². The summed E-state index contributed by atoms with van der Waals surface area (Å²) in [6, 6.07) is 5.88. The molecular formula is C21H18F3N7OS. The van der Waals surface area contributed by atoms with Gasteiger partial charge in [-0.15, -0.1) is 0 Å². The smallest absolute Gasteiger partial charge is 0.343 e. The molecule has 0 saturated carbocycles. The van der Waals surface area contributed by atoms with E-state index in [4.69, 9.17) is 0 Å². The van der Waals surface area contributed by atoms with E-state index in [0.29, 0.717) is 16.6 Å². The molecule has 0 radical (unpaired) electrons. The van der Waals surface area contributed by atoms with E-state index in [1.807, 2.05) is 6.92 Å². The molecule has 1 unspecified atom stereocenters. The molecule has 170 valence electrons. The van der Waals surface area contributed by atoms with Crippen molar-refractivity contribution in [2.45, 2.75) is 26.1 Å². The first kappa shape index (κ1) is 22.4. The maximum atomic E-state index is 12.7. The van der Waals surface area contributed by atoms with Crippen LogP contribution in [0.3, 0.4) is 0 Å². The van der Waals surface area contributed by atoms with Gasteiger partial charge in [-0.2, -0.15) is 13.2 Å². The molecule has 0 fully saturated rings. The predicted octanol–water partition coefficient (Wildman–Crippen LogP) is 4.68. The summed E-state index contributed by atoms with van der Waals surface area (Å²) in [6.07, 6.45) is 1.90. The molecule has 3 aromatic heterocycles. The highest BCUT2D eigenvalue weighted by Crippen LogP contribution is 2.31. The van der Waals surface area contributed by atoms with Crippen molar-refractivity contribution in [1.29, 1.82) is 0 Å². The van der Waals surface area contributed by atoms with E-state index in [2.05, 4.69) is 30.6 Å². The van der Waals surface area contributed by atoms with E-state index < -0.39 is 11.7 Å². The number of hydrogen-bond acceptors (Lipinski definition) is 7. The summed E-state index contributed by atoms with van der Waals surface area (Å²) in [5.41, 5.74) is -0.0447. The molecule has 12 heteroatoms. The van der Waals surface area contributed by atoms with Gasteiger partial charge in [0.25, 0.3) is 5.91 Å². The molecule has 1 aromatic carbocycles. The van der Waals surface area contributed by atoms with Crippen molar-refractivity contribution in [1.82, 2.24) is 29.8 Å². The Hall–Kier alpha value is -3.80.